The van der Waals surface area contributed by atoms with Gasteiger partial charge in [0.2, 0.25) is 5.91 Å². The van der Waals surface area contributed by atoms with Gasteiger partial charge in [-0.3, -0.25) is 4.79 Å². The van der Waals surface area contributed by atoms with Gasteiger partial charge in [0.15, 0.2) is 10.3 Å². The van der Waals surface area contributed by atoms with Gasteiger partial charge in [-0.1, -0.05) is 35.1 Å². The molecule has 0 unspecified atom stereocenters. The van der Waals surface area contributed by atoms with E-state index >= 15 is 0 Å². The van der Waals surface area contributed by atoms with E-state index in [-0.39, 0.29) is 12.5 Å². The first-order valence-electron chi connectivity index (χ1n) is 10.7. The van der Waals surface area contributed by atoms with Crippen LogP contribution in [0.1, 0.15) is 0 Å². The number of aromatic amines is 1. The maximum absolute atomic E-state index is 13.0. The molecule has 4 aromatic heterocycles. The number of benzene rings is 1. The molecule has 33 heavy (non-hydrogen) atoms. The van der Waals surface area contributed by atoms with Crippen LogP contribution in [-0.4, -0.2) is 61.5 Å². The molecule has 8 nitrogen and oxygen atoms in total. The fraction of sp³-hybridized carbons (Fsp3) is 0.217. The Morgan fingerprint density at radius 2 is 1.91 bits per heavy atom. The van der Waals surface area contributed by atoms with E-state index in [0.717, 1.165) is 32.8 Å². The van der Waals surface area contributed by atoms with Gasteiger partial charge in [-0.05, 0) is 30.3 Å². The summed E-state index contributed by atoms with van der Waals surface area (Å²) in [6.45, 7) is 2.99. The minimum Gasteiger partial charge on any atom is -0.358 e. The quantitative estimate of drug-likeness (QED) is 0.422. The second-order valence-electron chi connectivity index (χ2n) is 7.95. The van der Waals surface area contributed by atoms with Crippen molar-refractivity contribution >= 4 is 55.9 Å². The number of para-hydroxylation sites is 2. The van der Waals surface area contributed by atoms with Gasteiger partial charge in [0.05, 0.1) is 11.0 Å². The number of anilines is 1. The largest absolute Gasteiger partial charge is 0.358 e. The Labute approximate surface area is 198 Å². The predicted octanol–water partition coefficient (Wildman–Crippen LogP) is 4.04. The number of amides is 1. The predicted molar refractivity (Wildman–Crippen MR) is 131 cm³/mol. The van der Waals surface area contributed by atoms with E-state index in [2.05, 4.69) is 19.9 Å². The number of piperazine rings is 1. The van der Waals surface area contributed by atoms with Crippen LogP contribution in [0.4, 0.5) is 5.00 Å². The van der Waals surface area contributed by atoms with Crippen molar-refractivity contribution in [1.82, 2.24) is 29.4 Å². The summed E-state index contributed by atoms with van der Waals surface area (Å²) in [5, 5.41) is 2.02. The number of carbonyl (C=O) groups excluding carboxylic acids is 1. The smallest absolute Gasteiger partial charge is 0.242 e. The van der Waals surface area contributed by atoms with Crippen LogP contribution < -0.4 is 4.90 Å². The highest BCUT2D eigenvalue weighted by Gasteiger charge is 2.26. The van der Waals surface area contributed by atoms with Gasteiger partial charge < -0.3 is 19.4 Å². The molecule has 0 bridgehead atoms. The lowest BCUT2D eigenvalue weighted by atomic mass is 10.3. The number of halogens is 1. The molecule has 5 aromatic rings. The Balaban J connectivity index is 1.17. The lowest BCUT2D eigenvalue weighted by molar-refractivity contribution is -0.132. The summed E-state index contributed by atoms with van der Waals surface area (Å²) >= 11 is 7.75. The SMILES string of the molecule is O=C(Cn1ccc2cccnc21)N1CCN(c2sc(Cl)nc2-c2nc3ccccc3[nH]2)CC1. The summed E-state index contributed by atoms with van der Waals surface area (Å²) < 4.78 is 2.39. The number of rotatable bonds is 4. The topological polar surface area (TPSA) is 82.9 Å². The number of carbonyl (C=O) groups is 1. The van der Waals surface area contributed by atoms with E-state index in [1.165, 1.54) is 11.3 Å². The summed E-state index contributed by atoms with van der Waals surface area (Å²) in [5.41, 5.74) is 3.44. The second kappa shape index (κ2) is 8.17. The van der Waals surface area contributed by atoms with E-state index in [1.54, 1.807) is 6.20 Å². The number of H-pyrrole nitrogens is 1. The Morgan fingerprint density at radius 3 is 2.76 bits per heavy atom. The van der Waals surface area contributed by atoms with Crippen molar-refractivity contribution in [3.05, 3.63) is 59.3 Å². The van der Waals surface area contributed by atoms with Gasteiger partial charge in [-0.2, -0.15) is 0 Å². The Bertz CT molecular complexity index is 1430. The monoisotopic (exact) mass is 477 g/mol. The fourth-order valence-electron chi connectivity index (χ4n) is 4.27. The molecule has 0 atom stereocenters. The maximum atomic E-state index is 13.0. The number of fused-ring (bicyclic) bond motifs is 2. The molecule has 1 saturated heterocycles. The lowest BCUT2D eigenvalue weighted by Crippen LogP contribution is -2.49. The highest BCUT2D eigenvalue weighted by molar-refractivity contribution is 7.20. The normalized spacial score (nSPS) is 14.5. The minimum atomic E-state index is 0.0950. The average Bonchev–Trinajstić information content (AvgIpc) is 3.56. The summed E-state index contributed by atoms with van der Waals surface area (Å²) in [6.07, 6.45) is 3.67. The number of nitrogens with zero attached hydrogens (tertiary/aromatic N) is 6. The average molecular weight is 478 g/mol. The van der Waals surface area contributed by atoms with Crippen LogP contribution >= 0.6 is 22.9 Å². The number of hydrogen-bond donors (Lipinski definition) is 1. The molecule has 1 N–H and O–H groups in total. The van der Waals surface area contributed by atoms with E-state index in [0.29, 0.717) is 36.5 Å². The first kappa shape index (κ1) is 20.2. The van der Waals surface area contributed by atoms with Gasteiger partial charge in [-0.15, -0.1) is 0 Å². The minimum absolute atomic E-state index is 0.0950. The molecule has 166 valence electrons. The van der Waals surface area contributed by atoms with Crippen molar-refractivity contribution in [2.45, 2.75) is 6.54 Å². The van der Waals surface area contributed by atoms with Crippen molar-refractivity contribution in [2.75, 3.05) is 31.1 Å². The molecule has 0 radical (unpaired) electrons. The third kappa shape index (κ3) is 3.73. The lowest BCUT2D eigenvalue weighted by Gasteiger charge is -2.35. The first-order chi connectivity index (χ1) is 16.2. The molecule has 1 aromatic carbocycles. The fourth-order valence-corrected chi connectivity index (χ4v) is 5.42. The second-order valence-corrected chi connectivity index (χ2v) is 9.51. The molecular weight excluding hydrogens is 458 g/mol. The van der Waals surface area contributed by atoms with Crippen LogP contribution in [0.2, 0.25) is 4.47 Å². The van der Waals surface area contributed by atoms with Crippen molar-refractivity contribution in [3.8, 4) is 11.5 Å². The zero-order valence-corrected chi connectivity index (χ0v) is 19.2. The standard InChI is InChI=1S/C23H20ClN7OS/c24-23-28-19(20-26-16-5-1-2-6-17(16)27-20)22(33-23)30-12-10-29(11-13-30)18(32)14-31-9-7-15-4-3-8-25-21(15)31/h1-9H,10-14H2,(H,26,27). The number of aromatic nitrogens is 5. The molecule has 10 heteroatoms. The van der Waals surface area contributed by atoms with Crippen molar-refractivity contribution in [3.63, 3.8) is 0 Å². The van der Waals surface area contributed by atoms with E-state index in [9.17, 15) is 4.79 Å². The summed E-state index contributed by atoms with van der Waals surface area (Å²) in [4.78, 5) is 34.1. The number of thiazole rings is 1. The third-order valence-electron chi connectivity index (χ3n) is 5.95. The summed E-state index contributed by atoms with van der Waals surface area (Å²) in [7, 11) is 0. The number of imidazole rings is 1. The van der Waals surface area contributed by atoms with Crippen LogP contribution in [0, 0.1) is 0 Å². The molecule has 6 rings (SSSR count). The molecule has 0 saturated carbocycles. The van der Waals surface area contributed by atoms with Gasteiger partial charge >= 0.3 is 0 Å². The molecule has 1 fully saturated rings. The molecule has 1 aliphatic heterocycles. The number of hydrogen-bond acceptors (Lipinski definition) is 6. The Morgan fingerprint density at radius 1 is 1.06 bits per heavy atom. The Hall–Kier alpha value is -3.43. The van der Waals surface area contributed by atoms with Gasteiger partial charge in [0.25, 0.3) is 0 Å². The van der Waals surface area contributed by atoms with Crippen LogP contribution in [-0.2, 0) is 11.3 Å². The van der Waals surface area contributed by atoms with Gasteiger partial charge in [0.1, 0.15) is 22.9 Å². The third-order valence-corrected chi connectivity index (χ3v) is 7.17. The van der Waals surface area contributed by atoms with Gasteiger partial charge in [0, 0.05) is 44.0 Å². The van der Waals surface area contributed by atoms with Crippen LogP contribution in [0.3, 0.4) is 0 Å². The van der Waals surface area contributed by atoms with Gasteiger partial charge in [-0.25, -0.2) is 15.0 Å². The zero-order chi connectivity index (χ0) is 22.4. The zero-order valence-electron chi connectivity index (χ0n) is 17.6. The van der Waals surface area contributed by atoms with Crippen molar-refractivity contribution in [1.29, 1.82) is 0 Å². The number of nitrogens with one attached hydrogen (secondary N) is 1. The van der Waals surface area contributed by atoms with Crippen LogP contribution in [0.25, 0.3) is 33.6 Å². The van der Waals surface area contributed by atoms with Crippen LogP contribution in [0.15, 0.2) is 54.9 Å². The molecule has 1 amide bonds. The molecule has 0 spiro atoms. The molecule has 1 aliphatic rings. The highest BCUT2D eigenvalue weighted by Crippen LogP contribution is 2.38. The van der Waals surface area contributed by atoms with Crippen LogP contribution in [0.5, 0.6) is 0 Å². The summed E-state index contributed by atoms with van der Waals surface area (Å²) in [6, 6.07) is 13.8. The number of pyridine rings is 1. The molecular formula is C23H20ClN7OS. The van der Waals surface area contributed by atoms with Crippen molar-refractivity contribution in [2.24, 2.45) is 0 Å². The van der Waals surface area contributed by atoms with E-state index in [4.69, 9.17) is 16.6 Å². The van der Waals surface area contributed by atoms with E-state index < -0.39 is 0 Å². The molecule has 0 aliphatic carbocycles. The maximum Gasteiger partial charge on any atom is 0.242 e. The first-order valence-corrected chi connectivity index (χ1v) is 11.9. The molecule has 5 heterocycles. The Kier molecular flexibility index (Phi) is 5.00. The highest BCUT2D eigenvalue weighted by atomic mass is 35.5. The van der Waals surface area contributed by atoms with Crippen molar-refractivity contribution < 1.29 is 4.79 Å². The summed E-state index contributed by atoms with van der Waals surface area (Å²) in [5.74, 6) is 0.803. The van der Waals surface area contributed by atoms with E-state index in [1.807, 2.05) is 58.1 Å².